The molecule has 1 amide bonds. The van der Waals surface area contributed by atoms with Crippen molar-refractivity contribution in [3.8, 4) is 11.5 Å². The van der Waals surface area contributed by atoms with Gasteiger partial charge in [-0.3, -0.25) is 4.79 Å². The van der Waals surface area contributed by atoms with Gasteiger partial charge in [0.05, 0.1) is 6.04 Å². The predicted molar refractivity (Wildman–Crippen MR) is 83.2 cm³/mol. The quantitative estimate of drug-likeness (QED) is 0.913. The molecule has 1 unspecified atom stereocenters. The summed E-state index contributed by atoms with van der Waals surface area (Å²) in [5.41, 5.74) is 2.52. The molecule has 1 aromatic carbocycles. The Morgan fingerprint density at radius 3 is 2.50 bits per heavy atom. The summed E-state index contributed by atoms with van der Waals surface area (Å²) in [6, 6.07) is 4.33. The lowest BCUT2D eigenvalue weighted by atomic mass is 9.86. The van der Waals surface area contributed by atoms with Crippen molar-refractivity contribution in [3.05, 3.63) is 23.3 Å². The maximum absolute atomic E-state index is 12.4. The largest absolute Gasteiger partial charge is 0.486 e. The van der Waals surface area contributed by atoms with Crippen LogP contribution in [0.1, 0.15) is 55.7 Å². The lowest BCUT2D eigenvalue weighted by Crippen LogP contribution is -2.34. The first-order chi connectivity index (χ1) is 10.8. The average Bonchev–Trinajstić information content (AvgIpc) is 3.08. The van der Waals surface area contributed by atoms with E-state index in [4.69, 9.17) is 9.47 Å². The number of nitrogens with one attached hydrogen (secondary N) is 1. The average molecular weight is 301 g/mol. The van der Waals surface area contributed by atoms with E-state index in [2.05, 4.69) is 17.4 Å². The summed E-state index contributed by atoms with van der Waals surface area (Å²) in [6.45, 7) is 1.22. The highest BCUT2D eigenvalue weighted by Crippen LogP contribution is 2.39. The van der Waals surface area contributed by atoms with Crippen LogP contribution in [-0.2, 0) is 11.2 Å². The molecule has 0 aromatic heterocycles. The van der Waals surface area contributed by atoms with Crippen molar-refractivity contribution in [3.63, 3.8) is 0 Å². The molecule has 4 rings (SSSR count). The number of rotatable bonds is 2. The summed E-state index contributed by atoms with van der Waals surface area (Å²) in [5.74, 6) is 2.15. The standard InChI is InChI=1S/C18H23NO3/c20-18(12-4-1-2-5-12)19-15-7-3-6-13-10-16-17(11-14(13)15)22-9-8-21-16/h10-12,15H,1-9H2,(H,19,20). The molecule has 1 saturated carbocycles. The summed E-state index contributed by atoms with van der Waals surface area (Å²) < 4.78 is 11.4. The first kappa shape index (κ1) is 13.9. The maximum atomic E-state index is 12.4. The minimum absolute atomic E-state index is 0.132. The summed E-state index contributed by atoms with van der Waals surface area (Å²) >= 11 is 0. The van der Waals surface area contributed by atoms with Gasteiger partial charge in [0.25, 0.3) is 0 Å². The molecule has 1 atom stereocenters. The van der Waals surface area contributed by atoms with E-state index in [1.165, 1.54) is 24.0 Å². The first-order valence-corrected chi connectivity index (χ1v) is 8.54. The van der Waals surface area contributed by atoms with Gasteiger partial charge in [0.1, 0.15) is 13.2 Å². The maximum Gasteiger partial charge on any atom is 0.223 e. The Bertz CT molecular complexity index is 578. The van der Waals surface area contributed by atoms with Crippen molar-refractivity contribution < 1.29 is 14.3 Å². The number of benzene rings is 1. The molecule has 3 aliphatic rings. The van der Waals surface area contributed by atoms with Crippen molar-refractivity contribution in [1.82, 2.24) is 5.32 Å². The zero-order valence-electron chi connectivity index (χ0n) is 12.9. The van der Waals surface area contributed by atoms with Crippen LogP contribution in [0.15, 0.2) is 12.1 Å². The van der Waals surface area contributed by atoms with E-state index >= 15 is 0 Å². The summed E-state index contributed by atoms with van der Waals surface area (Å²) in [6.07, 6.45) is 7.67. The molecule has 1 N–H and O–H groups in total. The number of aryl methyl sites for hydroxylation is 1. The van der Waals surface area contributed by atoms with E-state index in [0.29, 0.717) is 13.2 Å². The second-order valence-electron chi connectivity index (χ2n) is 6.63. The van der Waals surface area contributed by atoms with E-state index in [0.717, 1.165) is 43.6 Å². The van der Waals surface area contributed by atoms with Crippen LogP contribution in [0.4, 0.5) is 0 Å². The van der Waals surface area contributed by atoms with Crippen molar-refractivity contribution >= 4 is 5.91 Å². The molecule has 0 saturated heterocycles. The van der Waals surface area contributed by atoms with Gasteiger partial charge in [-0.25, -0.2) is 0 Å². The van der Waals surface area contributed by atoms with Crippen LogP contribution in [0.25, 0.3) is 0 Å². The van der Waals surface area contributed by atoms with Gasteiger partial charge in [-0.05, 0) is 55.4 Å². The molecule has 4 nitrogen and oxygen atoms in total. The molecule has 118 valence electrons. The van der Waals surface area contributed by atoms with Gasteiger partial charge in [-0.1, -0.05) is 12.8 Å². The number of hydrogen-bond donors (Lipinski definition) is 1. The zero-order valence-corrected chi connectivity index (χ0v) is 12.9. The number of carbonyl (C=O) groups is 1. The van der Waals surface area contributed by atoms with Gasteiger partial charge in [0.15, 0.2) is 11.5 Å². The van der Waals surface area contributed by atoms with Crippen LogP contribution in [0.5, 0.6) is 11.5 Å². The topological polar surface area (TPSA) is 47.6 Å². The van der Waals surface area contributed by atoms with E-state index in [-0.39, 0.29) is 17.9 Å². The fourth-order valence-electron chi connectivity index (χ4n) is 3.97. The molecular formula is C18H23NO3. The fraction of sp³-hybridized carbons (Fsp3) is 0.611. The molecule has 1 aliphatic heterocycles. The van der Waals surface area contributed by atoms with Gasteiger partial charge in [-0.15, -0.1) is 0 Å². The van der Waals surface area contributed by atoms with E-state index in [9.17, 15) is 4.79 Å². The minimum Gasteiger partial charge on any atom is -0.486 e. The van der Waals surface area contributed by atoms with Crippen LogP contribution in [0, 0.1) is 5.92 Å². The Hall–Kier alpha value is -1.71. The van der Waals surface area contributed by atoms with Gasteiger partial charge in [0.2, 0.25) is 5.91 Å². The van der Waals surface area contributed by atoms with Crippen molar-refractivity contribution in [2.75, 3.05) is 13.2 Å². The Balaban J connectivity index is 1.57. The van der Waals surface area contributed by atoms with Gasteiger partial charge < -0.3 is 14.8 Å². The lowest BCUT2D eigenvalue weighted by molar-refractivity contribution is -0.125. The third-order valence-electron chi connectivity index (χ3n) is 5.16. The first-order valence-electron chi connectivity index (χ1n) is 8.54. The fourth-order valence-corrected chi connectivity index (χ4v) is 3.97. The van der Waals surface area contributed by atoms with E-state index in [1.807, 2.05) is 0 Å². The zero-order chi connectivity index (χ0) is 14.9. The third-order valence-corrected chi connectivity index (χ3v) is 5.16. The molecule has 0 bridgehead atoms. The number of amides is 1. The van der Waals surface area contributed by atoms with Crippen molar-refractivity contribution in [1.29, 1.82) is 0 Å². The Morgan fingerprint density at radius 2 is 1.73 bits per heavy atom. The summed E-state index contributed by atoms with van der Waals surface area (Å²) in [5, 5.41) is 3.29. The van der Waals surface area contributed by atoms with Crippen LogP contribution in [0.3, 0.4) is 0 Å². The van der Waals surface area contributed by atoms with E-state index < -0.39 is 0 Å². The van der Waals surface area contributed by atoms with E-state index in [1.54, 1.807) is 0 Å². The molecule has 1 aromatic rings. The molecule has 4 heteroatoms. The SMILES string of the molecule is O=C(NC1CCCc2cc3c(cc21)OCCO3)C1CCCC1. The second kappa shape index (κ2) is 5.82. The van der Waals surface area contributed by atoms with Crippen LogP contribution < -0.4 is 14.8 Å². The van der Waals surface area contributed by atoms with Crippen LogP contribution in [0.2, 0.25) is 0 Å². The third kappa shape index (κ3) is 2.55. The minimum atomic E-state index is 0.132. The monoisotopic (exact) mass is 301 g/mol. The molecule has 2 aliphatic carbocycles. The molecule has 0 radical (unpaired) electrons. The highest BCUT2D eigenvalue weighted by atomic mass is 16.6. The second-order valence-corrected chi connectivity index (χ2v) is 6.63. The number of carbonyl (C=O) groups excluding carboxylic acids is 1. The Kier molecular flexibility index (Phi) is 3.68. The molecule has 0 spiro atoms. The number of fused-ring (bicyclic) bond motifs is 2. The van der Waals surface area contributed by atoms with Gasteiger partial charge in [0, 0.05) is 5.92 Å². The normalized spacial score (nSPS) is 23.9. The van der Waals surface area contributed by atoms with Crippen LogP contribution >= 0.6 is 0 Å². The summed E-state index contributed by atoms with van der Waals surface area (Å²) in [7, 11) is 0. The molecule has 1 fully saturated rings. The molecular weight excluding hydrogens is 278 g/mol. The van der Waals surface area contributed by atoms with Crippen molar-refractivity contribution in [2.45, 2.75) is 51.0 Å². The highest BCUT2D eigenvalue weighted by molar-refractivity contribution is 5.79. The Morgan fingerprint density at radius 1 is 1.00 bits per heavy atom. The lowest BCUT2D eigenvalue weighted by Gasteiger charge is -2.30. The Labute approximate surface area is 131 Å². The molecule has 22 heavy (non-hydrogen) atoms. The predicted octanol–water partition coefficient (Wildman–Crippen LogP) is 3.14. The van der Waals surface area contributed by atoms with Gasteiger partial charge >= 0.3 is 0 Å². The summed E-state index contributed by atoms with van der Waals surface area (Å²) in [4.78, 5) is 12.4. The number of hydrogen-bond acceptors (Lipinski definition) is 3. The van der Waals surface area contributed by atoms with Crippen LogP contribution in [-0.4, -0.2) is 19.1 Å². The smallest absolute Gasteiger partial charge is 0.223 e. The molecule has 1 heterocycles. The number of ether oxygens (including phenoxy) is 2. The van der Waals surface area contributed by atoms with Gasteiger partial charge in [-0.2, -0.15) is 0 Å². The van der Waals surface area contributed by atoms with Crippen molar-refractivity contribution in [2.24, 2.45) is 5.92 Å². The highest BCUT2D eigenvalue weighted by Gasteiger charge is 2.29.